The van der Waals surface area contributed by atoms with Crippen molar-refractivity contribution >= 4 is 34.8 Å². The molecule has 10 nitrogen and oxygen atoms in total. The van der Waals surface area contributed by atoms with E-state index in [1.807, 2.05) is 43.3 Å². The molecule has 3 N–H and O–H groups in total. The first kappa shape index (κ1) is 32.9. The number of aryl methyl sites for hydroxylation is 1. The van der Waals surface area contributed by atoms with Crippen LogP contribution >= 0.6 is 23.2 Å². The van der Waals surface area contributed by atoms with Crippen molar-refractivity contribution in [2.45, 2.75) is 45.4 Å². The maximum absolute atomic E-state index is 13.5. The Morgan fingerprint density at radius 2 is 1.79 bits per heavy atom. The van der Waals surface area contributed by atoms with E-state index < -0.39 is 0 Å². The number of aromatic nitrogens is 3. The zero-order valence-electron chi connectivity index (χ0n) is 27.0. The van der Waals surface area contributed by atoms with Crippen LogP contribution in [0.4, 0.5) is 5.69 Å². The highest BCUT2D eigenvalue weighted by atomic mass is 35.5. The van der Waals surface area contributed by atoms with Gasteiger partial charge in [-0.1, -0.05) is 53.5 Å². The van der Waals surface area contributed by atoms with Crippen molar-refractivity contribution in [1.82, 2.24) is 24.8 Å². The van der Waals surface area contributed by atoms with Crippen molar-refractivity contribution in [2.75, 3.05) is 45.2 Å². The maximum Gasteiger partial charge on any atom is 0.274 e. The number of amides is 1. The number of carbonyl (C=O) groups excluding carboxylic acids is 1. The van der Waals surface area contributed by atoms with Gasteiger partial charge >= 0.3 is 0 Å². The summed E-state index contributed by atoms with van der Waals surface area (Å²) < 4.78 is 5.64. The second-order valence-electron chi connectivity index (χ2n) is 13.2. The average Bonchev–Trinajstić information content (AvgIpc) is 3.04. The van der Waals surface area contributed by atoms with Gasteiger partial charge in [-0.15, -0.1) is 0 Å². The second-order valence-corrected chi connectivity index (χ2v) is 14.0. The summed E-state index contributed by atoms with van der Waals surface area (Å²) in [5, 5.41) is 22.8. The van der Waals surface area contributed by atoms with Gasteiger partial charge in [0.15, 0.2) is 0 Å². The fraction of sp³-hybridized carbons (Fsp3) is 0.389. The number of methoxy groups -OCH3 is 1. The van der Waals surface area contributed by atoms with E-state index in [1.165, 1.54) is 0 Å². The monoisotopic (exact) mass is 688 g/mol. The van der Waals surface area contributed by atoms with Crippen LogP contribution in [0.2, 0.25) is 10.0 Å². The van der Waals surface area contributed by atoms with Crippen LogP contribution in [0, 0.1) is 12.3 Å². The highest BCUT2D eigenvalue weighted by Gasteiger charge is 2.51. The van der Waals surface area contributed by atoms with Crippen molar-refractivity contribution in [3.05, 3.63) is 86.9 Å². The number of nitrogens with one attached hydrogen (secondary N) is 1. The summed E-state index contributed by atoms with van der Waals surface area (Å²) in [6, 6.07) is 12.9. The Morgan fingerprint density at radius 1 is 1.06 bits per heavy atom. The maximum atomic E-state index is 13.5. The molecule has 4 heterocycles. The SMILES string of the molecule is COc1nc(-c2cccc(-c3cccc(NC(=O)c4cc(C)c5c(n4)CN(CCO)CC5)c3Cl)c2Cl)cnc1CN1CC2(CC(O)C2)C1. The smallest absolute Gasteiger partial charge is 0.274 e. The van der Waals surface area contributed by atoms with Crippen LogP contribution in [0.15, 0.2) is 48.7 Å². The zero-order chi connectivity index (χ0) is 33.6. The summed E-state index contributed by atoms with van der Waals surface area (Å²) in [7, 11) is 1.59. The predicted molar refractivity (Wildman–Crippen MR) is 185 cm³/mol. The van der Waals surface area contributed by atoms with E-state index in [2.05, 4.69) is 15.1 Å². The van der Waals surface area contributed by atoms with Gasteiger partial charge in [0, 0.05) is 61.4 Å². The lowest BCUT2D eigenvalue weighted by molar-refractivity contribution is -0.131. The van der Waals surface area contributed by atoms with E-state index >= 15 is 0 Å². The van der Waals surface area contributed by atoms with E-state index in [1.54, 1.807) is 19.4 Å². The first-order chi connectivity index (χ1) is 23.2. The van der Waals surface area contributed by atoms with E-state index in [0.29, 0.717) is 69.3 Å². The van der Waals surface area contributed by atoms with Gasteiger partial charge in [-0.2, -0.15) is 0 Å². The third-order valence-corrected chi connectivity index (χ3v) is 10.6. The van der Waals surface area contributed by atoms with Gasteiger partial charge in [-0.25, -0.2) is 9.97 Å². The highest BCUT2D eigenvalue weighted by Crippen LogP contribution is 2.49. The van der Waals surface area contributed by atoms with Crippen molar-refractivity contribution in [3.8, 4) is 28.3 Å². The number of hydrogen-bond acceptors (Lipinski definition) is 9. The Kier molecular flexibility index (Phi) is 9.14. The molecule has 1 saturated heterocycles. The number of likely N-dealkylation sites (tertiary alicyclic amines) is 1. The second kappa shape index (κ2) is 13.3. The summed E-state index contributed by atoms with van der Waals surface area (Å²) in [4.78, 5) is 32.1. The number of hydrogen-bond donors (Lipinski definition) is 3. The van der Waals surface area contributed by atoms with Gasteiger partial charge in [0.05, 0.1) is 53.1 Å². The number of anilines is 1. The molecule has 2 aromatic carbocycles. The van der Waals surface area contributed by atoms with Gasteiger partial charge in [0.25, 0.3) is 5.91 Å². The van der Waals surface area contributed by atoms with Gasteiger partial charge in [-0.3, -0.25) is 19.6 Å². The first-order valence-electron chi connectivity index (χ1n) is 16.2. The van der Waals surface area contributed by atoms with Crippen molar-refractivity contribution in [2.24, 2.45) is 5.41 Å². The Morgan fingerprint density at radius 3 is 2.52 bits per heavy atom. The number of nitrogens with zero attached hydrogens (tertiary/aromatic N) is 5. The van der Waals surface area contributed by atoms with Crippen LogP contribution in [-0.4, -0.2) is 86.9 Å². The number of pyridine rings is 1. The summed E-state index contributed by atoms with van der Waals surface area (Å²) in [6.07, 6.45) is 4.12. The molecule has 250 valence electrons. The Hall–Kier alpha value is -3.64. The third-order valence-electron chi connectivity index (χ3n) is 9.78. The molecular formula is C36H38Cl2N6O4. The van der Waals surface area contributed by atoms with E-state index in [0.717, 1.165) is 61.4 Å². The standard InChI is InChI=1S/C36H38Cl2N6O4/c1-21-13-28(40-30-17-43(11-12-45)10-9-23(21)30)34(47)41-27-8-4-6-25(33(27)38)24-5-3-7-26(32(24)37)29-16-39-31(35(42-29)48-2)18-44-19-36(20-44)14-22(46)15-36/h3-8,13,16,22,45-46H,9-12,14-15,17-20H2,1-2H3,(H,41,47). The van der Waals surface area contributed by atoms with Crippen molar-refractivity contribution in [3.63, 3.8) is 0 Å². The summed E-state index contributed by atoms with van der Waals surface area (Å²) in [5.74, 6) is 0.0821. The van der Waals surface area contributed by atoms with Crippen molar-refractivity contribution < 1.29 is 19.7 Å². The molecule has 48 heavy (non-hydrogen) atoms. The predicted octanol–water partition coefficient (Wildman–Crippen LogP) is 5.39. The Labute approximate surface area is 289 Å². The molecule has 1 amide bonds. The molecule has 3 aliphatic rings. The summed E-state index contributed by atoms with van der Waals surface area (Å²) in [5.41, 5.74) is 7.37. The van der Waals surface area contributed by atoms with E-state index in [4.69, 9.17) is 42.9 Å². The molecule has 0 unspecified atom stereocenters. The van der Waals surface area contributed by atoms with E-state index in [-0.39, 0.29) is 24.0 Å². The fourth-order valence-corrected chi connectivity index (χ4v) is 8.03. The molecule has 1 spiro atoms. The minimum Gasteiger partial charge on any atom is -0.480 e. The van der Waals surface area contributed by atoms with Crippen LogP contribution in [0.25, 0.3) is 22.4 Å². The van der Waals surface area contributed by atoms with Crippen LogP contribution in [0.5, 0.6) is 5.88 Å². The minimum atomic E-state index is -0.361. The largest absolute Gasteiger partial charge is 0.480 e. The fourth-order valence-electron chi connectivity index (χ4n) is 7.43. The van der Waals surface area contributed by atoms with Gasteiger partial charge in [0.1, 0.15) is 11.4 Å². The molecule has 1 aliphatic carbocycles. The summed E-state index contributed by atoms with van der Waals surface area (Å²) in [6.45, 7) is 6.60. The van der Waals surface area contributed by atoms with Gasteiger partial charge < -0.3 is 20.3 Å². The molecule has 2 aromatic heterocycles. The number of ether oxygens (including phenoxy) is 1. The number of halogens is 2. The van der Waals surface area contributed by atoms with Crippen LogP contribution in [-0.2, 0) is 19.5 Å². The first-order valence-corrected chi connectivity index (χ1v) is 16.9. The molecule has 0 bridgehead atoms. The lowest BCUT2D eigenvalue weighted by atomic mass is 9.62. The number of aliphatic hydroxyl groups excluding tert-OH is 2. The third kappa shape index (κ3) is 6.29. The topological polar surface area (TPSA) is 124 Å². The minimum absolute atomic E-state index is 0.0804. The lowest BCUT2D eigenvalue weighted by Gasteiger charge is -2.57. The Bertz CT molecular complexity index is 1870. The number of fused-ring (bicyclic) bond motifs is 1. The molecule has 2 aliphatic heterocycles. The van der Waals surface area contributed by atoms with Crippen molar-refractivity contribution in [1.29, 1.82) is 0 Å². The zero-order valence-corrected chi connectivity index (χ0v) is 28.5. The average molecular weight is 690 g/mol. The Balaban J connectivity index is 1.10. The number of aliphatic hydroxyl groups is 2. The molecule has 0 radical (unpaired) electrons. The normalized spacial score (nSPS) is 17.5. The molecular weight excluding hydrogens is 651 g/mol. The van der Waals surface area contributed by atoms with E-state index in [9.17, 15) is 15.0 Å². The number of benzene rings is 2. The van der Waals surface area contributed by atoms with Crippen LogP contribution in [0.3, 0.4) is 0 Å². The van der Waals surface area contributed by atoms with Crippen LogP contribution < -0.4 is 10.1 Å². The van der Waals surface area contributed by atoms with Gasteiger partial charge in [-0.05, 0) is 49.4 Å². The summed E-state index contributed by atoms with van der Waals surface area (Å²) >= 11 is 14.0. The molecule has 1 saturated carbocycles. The number of rotatable bonds is 9. The molecule has 0 atom stereocenters. The molecule has 4 aromatic rings. The molecule has 12 heteroatoms. The molecule has 7 rings (SSSR count). The highest BCUT2D eigenvalue weighted by molar-refractivity contribution is 6.39. The quantitative estimate of drug-likeness (QED) is 0.212. The van der Waals surface area contributed by atoms with Gasteiger partial charge in [0.2, 0.25) is 5.88 Å². The number of β-amino-alcohol motifs (C(OH)–C–C–N with tert-alkyl or cyclic N) is 1. The molecule has 2 fully saturated rings. The number of carbonyl (C=O) groups is 1. The van der Waals surface area contributed by atoms with Crippen LogP contribution in [0.1, 0.15) is 45.8 Å². The lowest BCUT2D eigenvalue weighted by Crippen LogP contribution is -2.63.